The summed E-state index contributed by atoms with van der Waals surface area (Å²) in [5.41, 5.74) is 1.56. The zero-order valence-corrected chi connectivity index (χ0v) is 17.3. The fourth-order valence-electron chi connectivity index (χ4n) is 4.05. The molecule has 1 amide bonds. The summed E-state index contributed by atoms with van der Waals surface area (Å²) in [6.07, 6.45) is 2.11. The van der Waals surface area contributed by atoms with E-state index in [1.165, 1.54) is 4.68 Å². The van der Waals surface area contributed by atoms with Crippen LogP contribution >= 0.6 is 0 Å². The lowest BCUT2D eigenvalue weighted by molar-refractivity contribution is -0.131. The predicted molar refractivity (Wildman–Crippen MR) is 114 cm³/mol. The number of rotatable bonds is 5. The molecular weight excluding hydrogens is 380 g/mol. The van der Waals surface area contributed by atoms with Gasteiger partial charge in [-0.05, 0) is 42.7 Å². The molecule has 2 aromatic carbocycles. The molecule has 156 valence electrons. The minimum atomic E-state index is -0.170. The molecule has 7 nitrogen and oxygen atoms in total. The van der Waals surface area contributed by atoms with Gasteiger partial charge in [-0.3, -0.25) is 4.79 Å². The first-order valence-electron chi connectivity index (χ1n) is 10.2. The molecule has 0 spiro atoms. The maximum Gasteiger partial charge on any atom is 0.350 e. The molecule has 1 fully saturated rings. The highest BCUT2D eigenvalue weighted by molar-refractivity contribution is 5.79. The number of benzene rings is 2. The first-order valence-corrected chi connectivity index (χ1v) is 10.2. The number of para-hydroxylation sites is 1. The lowest BCUT2D eigenvalue weighted by Crippen LogP contribution is -2.40. The van der Waals surface area contributed by atoms with Crippen LogP contribution in [0.1, 0.15) is 30.1 Å². The highest BCUT2D eigenvalue weighted by Crippen LogP contribution is 2.27. The van der Waals surface area contributed by atoms with E-state index in [1.54, 1.807) is 18.7 Å². The number of ether oxygens (including phenoxy) is 1. The third-order valence-corrected chi connectivity index (χ3v) is 5.59. The van der Waals surface area contributed by atoms with Crippen molar-refractivity contribution in [2.75, 3.05) is 20.2 Å². The SMILES string of the molecule is COc1cccc(CC(=O)N2CCCC(c3nn(C)c(=O)n3-c3ccccc3)C2)c1. The maximum atomic E-state index is 13.0. The van der Waals surface area contributed by atoms with Crippen LogP contribution in [0, 0.1) is 0 Å². The molecule has 1 aliphatic heterocycles. The van der Waals surface area contributed by atoms with E-state index in [9.17, 15) is 9.59 Å². The van der Waals surface area contributed by atoms with Gasteiger partial charge in [0.05, 0.1) is 19.2 Å². The van der Waals surface area contributed by atoms with E-state index in [2.05, 4.69) is 5.10 Å². The molecule has 2 heterocycles. The van der Waals surface area contributed by atoms with E-state index in [0.717, 1.165) is 36.4 Å². The molecule has 1 atom stereocenters. The van der Waals surface area contributed by atoms with Gasteiger partial charge in [0.2, 0.25) is 5.91 Å². The Morgan fingerprint density at radius 3 is 2.73 bits per heavy atom. The second kappa shape index (κ2) is 8.57. The first-order chi connectivity index (χ1) is 14.6. The lowest BCUT2D eigenvalue weighted by Gasteiger charge is -2.32. The first kappa shape index (κ1) is 19.9. The third-order valence-electron chi connectivity index (χ3n) is 5.59. The summed E-state index contributed by atoms with van der Waals surface area (Å²) in [5, 5.41) is 4.52. The van der Waals surface area contributed by atoms with Crippen molar-refractivity contribution >= 4 is 5.91 Å². The molecule has 3 aromatic rings. The number of aromatic nitrogens is 3. The van der Waals surface area contributed by atoms with E-state index in [4.69, 9.17) is 4.74 Å². The van der Waals surface area contributed by atoms with Crippen molar-refractivity contribution in [3.8, 4) is 11.4 Å². The molecular formula is C23H26N4O3. The van der Waals surface area contributed by atoms with Crippen molar-refractivity contribution in [2.45, 2.75) is 25.2 Å². The number of carbonyl (C=O) groups excluding carboxylic acids is 1. The summed E-state index contributed by atoms with van der Waals surface area (Å²) >= 11 is 0. The van der Waals surface area contributed by atoms with Gasteiger partial charge in [0.1, 0.15) is 11.6 Å². The number of aryl methyl sites for hydroxylation is 1. The third kappa shape index (κ3) is 4.01. The molecule has 0 aliphatic carbocycles. The van der Waals surface area contributed by atoms with Gasteiger partial charge in [0.25, 0.3) is 0 Å². The van der Waals surface area contributed by atoms with E-state index >= 15 is 0 Å². The van der Waals surface area contributed by atoms with Crippen LogP contribution in [0.3, 0.4) is 0 Å². The molecule has 1 aromatic heterocycles. The van der Waals surface area contributed by atoms with Crippen molar-refractivity contribution < 1.29 is 9.53 Å². The van der Waals surface area contributed by atoms with Crippen LogP contribution in [-0.2, 0) is 18.3 Å². The van der Waals surface area contributed by atoms with Crippen molar-refractivity contribution in [3.63, 3.8) is 0 Å². The Morgan fingerprint density at radius 2 is 1.97 bits per heavy atom. The van der Waals surface area contributed by atoms with E-state index < -0.39 is 0 Å². The molecule has 0 N–H and O–H groups in total. The fraction of sp³-hybridized carbons (Fsp3) is 0.348. The molecule has 0 saturated carbocycles. The van der Waals surface area contributed by atoms with Crippen molar-refractivity contribution in [3.05, 3.63) is 76.5 Å². The van der Waals surface area contributed by atoms with Crippen LogP contribution in [0.2, 0.25) is 0 Å². The van der Waals surface area contributed by atoms with Crippen molar-refractivity contribution in [2.24, 2.45) is 7.05 Å². The summed E-state index contributed by atoms with van der Waals surface area (Å²) in [6, 6.07) is 17.1. The minimum absolute atomic E-state index is 0.0158. The normalized spacial score (nSPS) is 16.5. The Hall–Kier alpha value is -3.35. The largest absolute Gasteiger partial charge is 0.497 e. The molecule has 1 saturated heterocycles. The monoisotopic (exact) mass is 406 g/mol. The van der Waals surface area contributed by atoms with Gasteiger partial charge in [-0.1, -0.05) is 30.3 Å². The summed E-state index contributed by atoms with van der Waals surface area (Å²) < 4.78 is 8.30. The van der Waals surface area contributed by atoms with Gasteiger partial charge in [0, 0.05) is 26.1 Å². The zero-order chi connectivity index (χ0) is 21.1. The average molecular weight is 406 g/mol. The van der Waals surface area contributed by atoms with Crippen LogP contribution in [0.25, 0.3) is 5.69 Å². The number of hydrogen-bond acceptors (Lipinski definition) is 4. The van der Waals surface area contributed by atoms with Gasteiger partial charge in [-0.25, -0.2) is 14.0 Å². The van der Waals surface area contributed by atoms with Gasteiger partial charge in [-0.15, -0.1) is 0 Å². The number of methoxy groups -OCH3 is 1. The second-order valence-electron chi connectivity index (χ2n) is 7.64. The quantitative estimate of drug-likeness (QED) is 0.653. The van der Waals surface area contributed by atoms with E-state index in [-0.39, 0.29) is 17.5 Å². The maximum absolute atomic E-state index is 13.0. The molecule has 4 rings (SSSR count). The molecule has 0 radical (unpaired) electrons. The van der Waals surface area contributed by atoms with Crippen LogP contribution in [0.15, 0.2) is 59.4 Å². The topological polar surface area (TPSA) is 69.4 Å². The van der Waals surface area contributed by atoms with E-state index in [0.29, 0.717) is 18.8 Å². The highest BCUT2D eigenvalue weighted by Gasteiger charge is 2.29. The summed E-state index contributed by atoms with van der Waals surface area (Å²) in [7, 11) is 3.29. The molecule has 1 unspecified atom stereocenters. The van der Waals surface area contributed by atoms with Crippen LogP contribution in [0.5, 0.6) is 5.75 Å². The Bertz CT molecular complexity index is 1090. The summed E-state index contributed by atoms with van der Waals surface area (Å²) in [4.78, 5) is 27.6. The standard InChI is InChI=1S/C23H26N4O3/c1-25-23(29)27(19-10-4-3-5-11-19)22(24-25)18-9-7-13-26(16-18)21(28)15-17-8-6-12-20(14-17)30-2/h3-6,8,10-12,14,18H,7,9,13,15-16H2,1-2H3. The van der Waals surface area contributed by atoms with Crippen LogP contribution in [-0.4, -0.2) is 45.4 Å². The number of carbonyl (C=O) groups is 1. The Kier molecular flexibility index (Phi) is 5.70. The average Bonchev–Trinajstić information content (AvgIpc) is 3.09. The van der Waals surface area contributed by atoms with Crippen molar-refractivity contribution in [1.29, 1.82) is 0 Å². The van der Waals surface area contributed by atoms with Gasteiger partial charge >= 0.3 is 5.69 Å². The number of amides is 1. The fourth-order valence-corrected chi connectivity index (χ4v) is 4.05. The number of nitrogens with zero attached hydrogens (tertiary/aromatic N) is 4. The summed E-state index contributed by atoms with van der Waals surface area (Å²) in [5.74, 6) is 1.56. The summed E-state index contributed by atoms with van der Waals surface area (Å²) in [6.45, 7) is 1.29. The smallest absolute Gasteiger partial charge is 0.350 e. The predicted octanol–water partition coefficient (Wildman–Crippen LogP) is 2.53. The molecule has 7 heteroatoms. The van der Waals surface area contributed by atoms with Gasteiger partial charge in [0.15, 0.2) is 0 Å². The Balaban J connectivity index is 1.55. The molecule has 30 heavy (non-hydrogen) atoms. The number of hydrogen-bond donors (Lipinski definition) is 0. The highest BCUT2D eigenvalue weighted by atomic mass is 16.5. The Morgan fingerprint density at radius 1 is 1.17 bits per heavy atom. The van der Waals surface area contributed by atoms with Gasteiger partial charge < -0.3 is 9.64 Å². The van der Waals surface area contributed by atoms with E-state index in [1.807, 2.05) is 59.5 Å². The minimum Gasteiger partial charge on any atom is -0.497 e. The Labute approximate surface area is 175 Å². The van der Waals surface area contributed by atoms with Crippen LogP contribution < -0.4 is 10.4 Å². The lowest BCUT2D eigenvalue weighted by atomic mass is 9.96. The molecule has 0 bridgehead atoms. The van der Waals surface area contributed by atoms with Crippen molar-refractivity contribution in [1.82, 2.24) is 19.2 Å². The number of likely N-dealkylation sites (tertiary alicyclic amines) is 1. The second-order valence-corrected chi connectivity index (χ2v) is 7.64. The number of piperidine rings is 1. The van der Waals surface area contributed by atoms with Crippen LogP contribution in [0.4, 0.5) is 0 Å². The van der Waals surface area contributed by atoms with Gasteiger partial charge in [-0.2, -0.15) is 5.10 Å². The zero-order valence-electron chi connectivity index (χ0n) is 17.3. The molecule has 1 aliphatic rings.